The number of hydrogen-bond acceptors (Lipinski definition) is 1. The Bertz CT molecular complexity index is 381. The van der Waals surface area contributed by atoms with Crippen LogP contribution < -0.4 is 0 Å². The molecule has 68 valence electrons. The number of phenols is 1. The van der Waals surface area contributed by atoms with E-state index in [2.05, 4.69) is 0 Å². The van der Waals surface area contributed by atoms with Gasteiger partial charge < -0.3 is 5.11 Å². The first-order valence-corrected chi connectivity index (χ1v) is 4.21. The van der Waals surface area contributed by atoms with Crippen molar-refractivity contribution in [2.24, 2.45) is 0 Å². The van der Waals surface area contributed by atoms with Gasteiger partial charge in [0, 0.05) is 0 Å². The average Bonchev–Trinajstić information content (AvgIpc) is 2.20. The van der Waals surface area contributed by atoms with E-state index in [0.29, 0.717) is 5.75 Å². The molecule has 0 atom stereocenters. The molecular weight excluding hydrogens is 200 g/mol. The molecule has 0 aromatic heterocycles. The van der Waals surface area contributed by atoms with Gasteiger partial charge in [-0.3, -0.25) is 0 Å². The molecule has 0 aliphatic rings. The topological polar surface area (TPSA) is 20.2 Å². The molecule has 0 saturated heterocycles. The summed E-state index contributed by atoms with van der Waals surface area (Å²) in [6.45, 7) is 0. The number of rotatable bonds is 1. The van der Waals surface area contributed by atoms with Gasteiger partial charge in [0.1, 0.15) is 5.75 Å². The third-order valence-corrected chi connectivity index (χ3v) is 1.97. The van der Waals surface area contributed by atoms with Gasteiger partial charge in [0.05, 0.1) is 0 Å². The Morgan fingerprint density at radius 1 is 0.643 bits per heavy atom. The predicted octanol–water partition coefficient (Wildman–Crippen LogP) is 2.14. The average molecular weight is 212 g/mol. The summed E-state index contributed by atoms with van der Waals surface area (Å²) in [4.78, 5) is 0. The van der Waals surface area contributed by atoms with Crippen molar-refractivity contribution < 1.29 is 5.11 Å². The molecule has 2 heteroatoms. The second-order valence-corrected chi connectivity index (χ2v) is 2.91. The molecule has 0 aliphatic heterocycles. The van der Waals surface area contributed by atoms with Crippen LogP contribution in [0.5, 0.6) is 5.75 Å². The molecule has 0 heterocycles. The van der Waals surface area contributed by atoms with E-state index >= 15 is 0 Å². The summed E-state index contributed by atoms with van der Waals surface area (Å²) in [5, 5.41) is 9.10. The van der Waals surface area contributed by atoms with Gasteiger partial charge in [0.2, 0.25) is 0 Å². The van der Waals surface area contributed by atoms with Crippen molar-refractivity contribution in [2.75, 3.05) is 0 Å². The summed E-state index contributed by atoms with van der Waals surface area (Å²) in [6, 6.07) is 17.3. The van der Waals surface area contributed by atoms with E-state index in [1.54, 1.807) is 12.1 Å². The fourth-order valence-electron chi connectivity index (χ4n) is 1.28. The Morgan fingerprint density at radius 2 is 1.14 bits per heavy atom. The summed E-state index contributed by atoms with van der Waals surface area (Å²) in [7, 11) is 0. The first-order chi connectivity index (χ1) is 6.36. The monoisotopic (exact) mass is 212 g/mol. The third-order valence-electron chi connectivity index (χ3n) is 1.97. The zero-order valence-electron chi connectivity index (χ0n) is 7.14. The van der Waals surface area contributed by atoms with Gasteiger partial charge in [-0.2, -0.15) is 0 Å². The van der Waals surface area contributed by atoms with Gasteiger partial charge in [-0.25, -0.2) is 0 Å². The molecule has 0 amide bonds. The SMILES string of the molecule is Oc1ccc(-c2ccccc2)cc1.[CaH2]. The van der Waals surface area contributed by atoms with E-state index < -0.39 is 0 Å². The maximum absolute atomic E-state index is 9.10. The van der Waals surface area contributed by atoms with Gasteiger partial charge in [0.25, 0.3) is 0 Å². The van der Waals surface area contributed by atoms with Gasteiger partial charge in [-0.05, 0) is 23.3 Å². The van der Waals surface area contributed by atoms with E-state index in [1.807, 2.05) is 42.5 Å². The van der Waals surface area contributed by atoms with Gasteiger partial charge in [-0.15, -0.1) is 0 Å². The quantitative estimate of drug-likeness (QED) is 0.718. The van der Waals surface area contributed by atoms with Crippen molar-refractivity contribution in [1.29, 1.82) is 0 Å². The number of phenolic OH excluding ortho intramolecular Hbond substituents is 1. The van der Waals surface area contributed by atoms with E-state index in [1.165, 1.54) is 5.56 Å². The van der Waals surface area contributed by atoms with Crippen LogP contribution in [0.1, 0.15) is 0 Å². The molecule has 0 spiro atoms. The van der Waals surface area contributed by atoms with Crippen molar-refractivity contribution in [3.05, 3.63) is 54.6 Å². The summed E-state index contributed by atoms with van der Waals surface area (Å²) in [6.07, 6.45) is 0. The van der Waals surface area contributed by atoms with Crippen molar-refractivity contribution in [1.82, 2.24) is 0 Å². The molecule has 2 aromatic rings. The number of aromatic hydroxyl groups is 1. The van der Waals surface area contributed by atoms with Gasteiger partial charge in [-0.1, -0.05) is 42.5 Å². The van der Waals surface area contributed by atoms with Crippen molar-refractivity contribution in [3.8, 4) is 16.9 Å². The van der Waals surface area contributed by atoms with E-state index in [9.17, 15) is 0 Å². The summed E-state index contributed by atoms with van der Waals surface area (Å²) < 4.78 is 0. The van der Waals surface area contributed by atoms with Gasteiger partial charge >= 0.3 is 37.7 Å². The van der Waals surface area contributed by atoms with Crippen LogP contribution in [0, 0.1) is 0 Å². The molecule has 0 bridgehead atoms. The predicted molar refractivity (Wildman–Crippen MR) is 62.1 cm³/mol. The van der Waals surface area contributed by atoms with Crippen LogP contribution >= 0.6 is 0 Å². The normalized spacial score (nSPS) is 9.14. The molecule has 0 saturated carbocycles. The fraction of sp³-hybridized carbons (Fsp3) is 0. The summed E-state index contributed by atoms with van der Waals surface area (Å²) >= 11 is 0. The molecule has 1 N–H and O–H groups in total. The molecule has 1 nitrogen and oxygen atoms in total. The Morgan fingerprint density at radius 3 is 1.71 bits per heavy atom. The van der Waals surface area contributed by atoms with Crippen LogP contribution in [0.3, 0.4) is 0 Å². The summed E-state index contributed by atoms with van der Waals surface area (Å²) in [5.74, 6) is 0.305. The second kappa shape index (κ2) is 5.40. The fourth-order valence-corrected chi connectivity index (χ4v) is 1.28. The molecule has 14 heavy (non-hydrogen) atoms. The molecule has 0 radical (unpaired) electrons. The van der Waals surface area contributed by atoms with Gasteiger partial charge in [0.15, 0.2) is 0 Å². The van der Waals surface area contributed by atoms with E-state index in [4.69, 9.17) is 5.11 Å². The molecule has 0 unspecified atom stereocenters. The van der Waals surface area contributed by atoms with Crippen LogP contribution in [0.25, 0.3) is 11.1 Å². The minimum atomic E-state index is 0. The minimum absolute atomic E-state index is 0. The third kappa shape index (κ3) is 2.74. The zero-order chi connectivity index (χ0) is 9.10. The van der Waals surface area contributed by atoms with Crippen LogP contribution in [-0.2, 0) is 0 Å². The standard InChI is InChI=1S/C12H10O.Ca.2H/c13-12-8-6-11(7-9-12)10-4-2-1-3-5-10;;;/h1-9,13H;;;. The van der Waals surface area contributed by atoms with Crippen LogP contribution in [-0.4, -0.2) is 42.8 Å². The zero-order valence-corrected chi connectivity index (χ0v) is 7.14. The Hall–Kier alpha value is -0.500. The molecular formula is C12H12CaO. The number of benzene rings is 2. The molecule has 0 aliphatic carbocycles. The number of hydrogen-bond donors (Lipinski definition) is 1. The van der Waals surface area contributed by atoms with Crippen molar-refractivity contribution >= 4 is 37.7 Å². The first kappa shape index (κ1) is 11.6. The van der Waals surface area contributed by atoms with Crippen LogP contribution in [0.15, 0.2) is 54.6 Å². The Kier molecular flexibility index (Phi) is 4.46. The molecule has 2 rings (SSSR count). The Balaban J connectivity index is 0.000000980. The van der Waals surface area contributed by atoms with Crippen molar-refractivity contribution in [3.63, 3.8) is 0 Å². The first-order valence-electron chi connectivity index (χ1n) is 4.21. The van der Waals surface area contributed by atoms with E-state index in [-0.39, 0.29) is 37.7 Å². The second-order valence-electron chi connectivity index (χ2n) is 2.91. The Labute approximate surface area is 113 Å². The molecule has 0 fully saturated rings. The van der Waals surface area contributed by atoms with E-state index in [0.717, 1.165) is 5.56 Å². The van der Waals surface area contributed by atoms with Crippen LogP contribution in [0.2, 0.25) is 0 Å². The van der Waals surface area contributed by atoms with Crippen LogP contribution in [0.4, 0.5) is 0 Å². The maximum atomic E-state index is 9.10. The summed E-state index contributed by atoms with van der Waals surface area (Å²) in [5.41, 5.74) is 2.29. The molecule has 2 aromatic carbocycles. The van der Waals surface area contributed by atoms with Crippen molar-refractivity contribution in [2.45, 2.75) is 0 Å².